The van der Waals surface area contributed by atoms with Gasteiger partial charge in [0.15, 0.2) is 5.25 Å². The van der Waals surface area contributed by atoms with Crippen LogP contribution in [0.2, 0.25) is 0 Å². The number of rotatable bonds is 7. The zero-order chi connectivity index (χ0) is 12.8. The molecule has 0 aromatic heterocycles. The Morgan fingerprint density at radius 1 is 1.44 bits per heavy atom. The van der Waals surface area contributed by atoms with E-state index < -0.39 is 21.3 Å². The lowest BCUT2D eigenvalue weighted by Gasteiger charge is -2.14. The van der Waals surface area contributed by atoms with E-state index in [0.29, 0.717) is 12.5 Å². The summed E-state index contributed by atoms with van der Waals surface area (Å²) in [6.07, 6.45) is 0.946. The van der Waals surface area contributed by atoms with Gasteiger partial charge >= 0.3 is 5.97 Å². The van der Waals surface area contributed by atoms with Gasteiger partial charge in [0.1, 0.15) is 0 Å². The van der Waals surface area contributed by atoms with Crippen LogP contribution < -0.4 is 5.32 Å². The molecule has 0 aromatic rings. The predicted octanol–water partition coefficient (Wildman–Crippen LogP) is 0.0515. The van der Waals surface area contributed by atoms with Crippen LogP contribution in [0.25, 0.3) is 0 Å². The molecule has 0 rings (SSSR count). The van der Waals surface area contributed by atoms with Crippen LogP contribution in [-0.4, -0.2) is 44.4 Å². The average molecular weight is 253 g/mol. The number of hydrogen-bond acceptors (Lipinski definition) is 5. The Kier molecular flexibility index (Phi) is 6.54. The number of esters is 1. The van der Waals surface area contributed by atoms with Crippen LogP contribution in [0, 0.1) is 5.92 Å². The molecule has 0 aromatic carbocycles. The molecular weight excluding hydrogens is 234 g/mol. The molecule has 0 saturated heterocycles. The highest BCUT2D eigenvalue weighted by atomic mass is 32.2. The zero-order valence-corrected chi connectivity index (χ0v) is 10.6. The molecule has 6 nitrogen and oxygen atoms in total. The minimum absolute atomic E-state index is 0.143. The first-order valence-electron chi connectivity index (χ1n) is 5.07. The molecule has 0 aliphatic heterocycles. The van der Waals surface area contributed by atoms with Crippen LogP contribution in [-0.2, 0) is 19.6 Å². The molecule has 96 valence electrons. The van der Waals surface area contributed by atoms with Gasteiger partial charge in [-0.2, -0.15) is 8.42 Å². The molecule has 2 atom stereocenters. The van der Waals surface area contributed by atoms with Crippen molar-refractivity contribution in [3.8, 4) is 0 Å². The molecule has 0 aliphatic rings. The van der Waals surface area contributed by atoms with Crippen molar-refractivity contribution in [3.63, 3.8) is 0 Å². The minimum atomic E-state index is -4.42. The maximum atomic E-state index is 11.1. The van der Waals surface area contributed by atoms with Gasteiger partial charge < -0.3 is 10.1 Å². The molecule has 7 heteroatoms. The van der Waals surface area contributed by atoms with Gasteiger partial charge in [-0.3, -0.25) is 9.35 Å². The lowest BCUT2D eigenvalue weighted by molar-refractivity contribution is -0.140. The lowest BCUT2D eigenvalue weighted by Crippen LogP contribution is -2.41. The summed E-state index contributed by atoms with van der Waals surface area (Å²) >= 11 is 0. The van der Waals surface area contributed by atoms with Gasteiger partial charge in [-0.25, -0.2) is 0 Å². The van der Waals surface area contributed by atoms with Crippen LogP contribution in [0.4, 0.5) is 0 Å². The smallest absolute Gasteiger partial charge is 0.327 e. The summed E-state index contributed by atoms with van der Waals surface area (Å²) in [7, 11) is -3.34. The second-order valence-electron chi connectivity index (χ2n) is 3.70. The molecule has 2 N–H and O–H groups in total. The molecule has 0 amide bonds. The topological polar surface area (TPSA) is 92.7 Å². The number of nitrogens with one attached hydrogen (secondary N) is 1. The van der Waals surface area contributed by atoms with Gasteiger partial charge in [0.2, 0.25) is 0 Å². The molecule has 0 fully saturated rings. The Hall–Kier alpha value is -0.660. The van der Waals surface area contributed by atoms with Crippen LogP contribution in [0.5, 0.6) is 0 Å². The number of ether oxygens (including phenoxy) is 1. The SMILES string of the molecule is CCC(C)CNCC(C(=O)OC)S(=O)(=O)O. The molecule has 16 heavy (non-hydrogen) atoms. The van der Waals surface area contributed by atoms with E-state index in [1.807, 2.05) is 13.8 Å². The van der Waals surface area contributed by atoms with Crippen molar-refractivity contribution in [2.45, 2.75) is 25.5 Å². The van der Waals surface area contributed by atoms with Crippen molar-refractivity contribution in [1.29, 1.82) is 0 Å². The standard InChI is InChI=1S/C9H19NO5S/c1-4-7(2)5-10-6-8(9(11)15-3)16(12,13)14/h7-8,10H,4-6H2,1-3H3,(H,12,13,14). The third-order valence-corrected chi connectivity index (χ3v) is 3.42. The Morgan fingerprint density at radius 2 is 2.00 bits per heavy atom. The van der Waals surface area contributed by atoms with Crippen molar-refractivity contribution < 1.29 is 22.5 Å². The Bertz CT molecular complexity index is 314. The van der Waals surface area contributed by atoms with Crippen LogP contribution in [0.15, 0.2) is 0 Å². The van der Waals surface area contributed by atoms with E-state index in [2.05, 4.69) is 10.1 Å². The summed E-state index contributed by atoms with van der Waals surface area (Å²) in [6.45, 7) is 4.44. The van der Waals surface area contributed by atoms with Crippen LogP contribution in [0.1, 0.15) is 20.3 Å². The molecule has 0 spiro atoms. The van der Waals surface area contributed by atoms with E-state index in [-0.39, 0.29) is 6.54 Å². The first-order chi connectivity index (χ1) is 7.32. The third kappa shape index (κ3) is 5.43. The van der Waals surface area contributed by atoms with Gasteiger partial charge in [-0.1, -0.05) is 20.3 Å². The molecular formula is C9H19NO5S. The van der Waals surface area contributed by atoms with Crippen molar-refractivity contribution in [2.75, 3.05) is 20.2 Å². The highest BCUT2D eigenvalue weighted by Crippen LogP contribution is 2.02. The number of methoxy groups -OCH3 is 1. The van der Waals surface area contributed by atoms with E-state index in [1.165, 1.54) is 0 Å². The maximum absolute atomic E-state index is 11.1. The molecule has 0 heterocycles. The monoisotopic (exact) mass is 253 g/mol. The number of carbonyl (C=O) groups excluding carboxylic acids is 1. The van der Waals surface area contributed by atoms with Crippen LogP contribution in [0.3, 0.4) is 0 Å². The summed E-state index contributed by atoms with van der Waals surface area (Å²) in [5.74, 6) is -0.584. The van der Waals surface area contributed by atoms with Gasteiger partial charge in [0.25, 0.3) is 10.1 Å². The second kappa shape index (κ2) is 6.82. The van der Waals surface area contributed by atoms with Crippen molar-refractivity contribution in [2.24, 2.45) is 5.92 Å². The van der Waals surface area contributed by atoms with Gasteiger partial charge in [-0.05, 0) is 12.5 Å². The van der Waals surface area contributed by atoms with Gasteiger partial charge in [-0.15, -0.1) is 0 Å². The van der Waals surface area contributed by atoms with Crippen molar-refractivity contribution in [1.82, 2.24) is 5.32 Å². The summed E-state index contributed by atoms with van der Waals surface area (Å²) in [5, 5.41) is 1.26. The van der Waals surface area contributed by atoms with Crippen molar-refractivity contribution >= 4 is 16.1 Å². The Balaban J connectivity index is 4.31. The van der Waals surface area contributed by atoms with Crippen LogP contribution >= 0.6 is 0 Å². The quantitative estimate of drug-likeness (QED) is 0.492. The maximum Gasteiger partial charge on any atom is 0.327 e. The zero-order valence-electron chi connectivity index (χ0n) is 9.76. The van der Waals surface area contributed by atoms with E-state index in [0.717, 1.165) is 13.5 Å². The molecule has 0 bridgehead atoms. The summed E-state index contributed by atoms with van der Waals surface area (Å²) in [4.78, 5) is 11.1. The van der Waals surface area contributed by atoms with Gasteiger partial charge in [0, 0.05) is 6.54 Å². The van der Waals surface area contributed by atoms with Crippen molar-refractivity contribution in [3.05, 3.63) is 0 Å². The van der Waals surface area contributed by atoms with E-state index >= 15 is 0 Å². The third-order valence-electron chi connectivity index (χ3n) is 2.34. The Labute approximate surface area is 96.1 Å². The number of carbonyl (C=O) groups is 1. The predicted molar refractivity (Wildman–Crippen MR) is 59.7 cm³/mol. The minimum Gasteiger partial charge on any atom is -0.468 e. The first-order valence-corrected chi connectivity index (χ1v) is 6.58. The van der Waals surface area contributed by atoms with E-state index in [4.69, 9.17) is 4.55 Å². The normalized spacial score (nSPS) is 15.5. The first kappa shape index (κ1) is 15.3. The summed E-state index contributed by atoms with van der Waals surface area (Å²) in [5.41, 5.74) is 0. The molecule has 2 unspecified atom stereocenters. The second-order valence-corrected chi connectivity index (χ2v) is 5.30. The van der Waals surface area contributed by atoms with Gasteiger partial charge in [0.05, 0.1) is 7.11 Å². The highest BCUT2D eigenvalue weighted by Gasteiger charge is 2.31. The highest BCUT2D eigenvalue weighted by molar-refractivity contribution is 7.87. The summed E-state index contributed by atoms with van der Waals surface area (Å²) in [6, 6.07) is 0. The lowest BCUT2D eigenvalue weighted by atomic mass is 10.1. The fraction of sp³-hybridized carbons (Fsp3) is 0.889. The number of hydrogen-bond donors (Lipinski definition) is 2. The largest absolute Gasteiger partial charge is 0.468 e. The fourth-order valence-electron chi connectivity index (χ4n) is 1.05. The van der Waals surface area contributed by atoms with E-state index in [9.17, 15) is 13.2 Å². The molecule has 0 aliphatic carbocycles. The summed E-state index contributed by atoms with van der Waals surface area (Å²) < 4.78 is 34.9. The molecule has 0 saturated carbocycles. The van der Waals surface area contributed by atoms with E-state index in [1.54, 1.807) is 0 Å². The average Bonchev–Trinajstić information content (AvgIpc) is 2.21. The fourth-order valence-corrected chi connectivity index (χ4v) is 1.71. The Morgan fingerprint density at radius 3 is 2.38 bits per heavy atom. The molecule has 0 radical (unpaired) electrons.